The van der Waals surface area contributed by atoms with Gasteiger partial charge in [0.05, 0.1) is 12.2 Å². The summed E-state index contributed by atoms with van der Waals surface area (Å²) in [7, 11) is 0. The Morgan fingerprint density at radius 1 is 1.19 bits per heavy atom. The first-order valence-electron chi connectivity index (χ1n) is 6.81. The fourth-order valence-corrected chi connectivity index (χ4v) is 2.73. The molecule has 1 aliphatic heterocycles. The molecule has 0 amide bonds. The van der Waals surface area contributed by atoms with E-state index in [1.165, 1.54) is 0 Å². The van der Waals surface area contributed by atoms with Gasteiger partial charge in [-0.1, -0.05) is 6.07 Å². The first-order valence-corrected chi connectivity index (χ1v) is 6.81. The fraction of sp³-hybridized carbons (Fsp3) is 0.571. The van der Waals surface area contributed by atoms with Crippen LogP contribution in [0.15, 0.2) is 18.2 Å². The van der Waals surface area contributed by atoms with E-state index < -0.39 is 35.8 Å². The van der Waals surface area contributed by atoms with Crippen molar-refractivity contribution >= 4 is 0 Å². The molecule has 1 aromatic carbocycles. The smallest absolute Gasteiger partial charge is 0.314 e. The van der Waals surface area contributed by atoms with Crippen molar-refractivity contribution in [2.45, 2.75) is 18.6 Å². The molecule has 118 valence electrons. The van der Waals surface area contributed by atoms with Crippen LogP contribution in [0, 0.1) is 5.82 Å². The van der Waals surface area contributed by atoms with Gasteiger partial charge in [0.15, 0.2) is 0 Å². The Bertz CT molecular complexity index is 469. The maximum Gasteiger partial charge on any atom is 0.416 e. The topological polar surface area (TPSA) is 15.3 Å². The largest absolute Gasteiger partial charge is 0.416 e. The first-order chi connectivity index (χ1) is 9.95. The van der Waals surface area contributed by atoms with Crippen molar-refractivity contribution < 1.29 is 22.0 Å². The number of benzene rings is 1. The van der Waals surface area contributed by atoms with Crippen LogP contribution in [0.25, 0.3) is 0 Å². The summed E-state index contributed by atoms with van der Waals surface area (Å²) in [4.78, 5) is 1.71. The van der Waals surface area contributed by atoms with Gasteiger partial charge in [0.1, 0.15) is 5.82 Å². The number of nitrogens with one attached hydrogen (secondary N) is 1. The molecule has 0 aromatic heterocycles. The van der Waals surface area contributed by atoms with Crippen LogP contribution < -0.4 is 5.32 Å². The summed E-state index contributed by atoms with van der Waals surface area (Å²) in [6.07, 6.45) is -4.80. The maximum atomic E-state index is 14.0. The highest BCUT2D eigenvalue weighted by Crippen LogP contribution is 2.39. The highest BCUT2D eigenvalue weighted by atomic mass is 19.4. The van der Waals surface area contributed by atoms with Gasteiger partial charge in [0, 0.05) is 37.8 Å². The highest BCUT2D eigenvalue weighted by Gasteiger charge is 2.38. The molecule has 2 rings (SSSR count). The van der Waals surface area contributed by atoms with Crippen molar-refractivity contribution in [1.29, 1.82) is 0 Å². The van der Waals surface area contributed by atoms with Crippen molar-refractivity contribution in [2.75, 3.05) is 32.9 Å². The van der Waals surface area contributed by atoms with E-state index in [0.717, 1.165) is 18.2 Å². The standard InChI is InChI=1S/C14H17F5N2/c15-5-4-12(21-8-6-20-7-9-21)13-10(14(17,18)19)2-1-3-11(13)16/h1-3,12,20H,4-9H2/t12-/m1/s1. The molecule has 1 atom stereocenters. The lowest BCUT2D eigenvalue weighted by Crippen LogP contribution is -2.45. The summed E-state index contributed by atoms with van der Waals surface area (Å²) < 4.78 is 66.2. The Morgan fingerprint density at radius 2 is 1.86 bits per heavy atom. The molecule has 0 saturated carbocycles. The van der Waals surface area contributed by atoms with Gasteiger partial charge in [0.2, 0.25) is 0 Å². The van der Waals surface area contributed by atoms with Crippen LogP contribution in [0.3, 0.4) is 0 Å². The molecule has 1 heterocycles. The normalized spacial score (nSPS) is 18.7. The average Bonchev–Trinajstić information content (AvgIpc) is 2.45. The third-order valence-corrected chi connectivity index (χ3v) is 3.67. The fourth-order valence-electron chi connectivity index (χ4n) is 2.73. The predicted molar refractivity (Wildman–Crippen MR) is 69.2 cm³/mol. The molecule has 0 radical (unpaired) electrons. The Labute approximate surface area is 119 Å². The maximum absolute atomic E-state index is 14.0. The van der Waals surface area contributed by atoms with Crippen molar-refractivity contribution in [2.24, 2.45) is 0 Å². The first kappa shape index (κ1) is 16.2. The van der Waals surface area contributed by atoms with Gasteiger partial charge in [-0.2, -0.15) is 13.2 Å². The molecule has 7 heteroatoms. The van der Waals surface area contributed by atoms with Crippen LogP contribution in [0.2, 0.25) is 0 Å². The van der Waals surface area contributed by atoms with Crippen molar-refractivity contribution in [1.82, 2.24) is 10.2 Å². The number of halogens is 5. The van der Waals surface area contributed by atoms with Crippen LogP contribution in [0.5, 0.6) is 0 Å². The number of hydrogen-bond acceptors (Lipinski definition) is 2. The number of piperazine rings is 1. The summed E-state index contributed by atoms with van der Waals surface area (Å²) in [5, 5.41) is 3.07. The number of rotatable bonds is 4. The predicted octanol–water partition coefficient (Wildman–Crippen LogP) is 3.15. The van der Waals surface area contributed by atoms with Crippen LogP contribution in [-0.4, -0.2) is 37.8 Å². The van der Waals surface area contributed by atoms with Gasteiger partial charge >= 0.3 is 6.18 Å². The Morgan fingerprint density at radius 3 is 2.43 bits per heavy atom. The zero-order valence-electron chi connectivity index (χ0n) is 11.4. The minimum atomic E-state index is -4.65. The second kappa shape index (κ2) is 6.70. The van der Waals surface area contributed by atoms with Gasteiger partial charge < -0.3 is 5.32 Å². The van der Waals surface area contributed by atoms with E-state index in [2.05, 4.69) is 5.32 Å². The third-order valence-electron chi connectivity index (χ3n) is 3.67. The van der Waals surface area contributed by atoms with Gasteiger partial charge in [-0.25, -0.2) is 4.39 Å². The highest BCUT2D eigenvalue weighted by molar-refractivity contribution is 5.34. The molecular weight excluding hydrogens is 291 g/mol. The Balaban J connectivity index is 2.43. The van der Waals surface area contributed by atoms with Crippen molar-refractivity contribution in [3.63, 3.8) is 0 Å². The molecule has 0 bridgehead atoms. The van der Waals surface area contributed by atoms with Gasteiger partial charge in [-0.15, -0.1) is 0 Å². The summed E-state index contributed by atoms with van der Waals surface area (Å²) in [5.41, 5.74) is -1.45. The van der Waals surface area contributed by atoms with E-state index in [1.54, 1.807) is 4.90 Å². The van der Waals surface area contributed by atoms with E-state index in [-0.39, 0.29) is 6.42 Å². The summed E-state index contributed by atoms with van der Waals surface area (Å²) in [6, 6.07) is 1.99. The minimum Gasteiger partial charge on any atom is -0.314 e. The van der Waals surface area contributed by atoms with Crippen LogP contribution in [-0.2, 0) is 6.18 Å². The van der Waals surface area contributed by atoms with Gasteiger partial charge in [-0.3, -0.25) is 9.29 Å². The van der Waals surface area contributed by atoms with Crippen LogP contribution >= 0.6 is 0 Å². The Hall–Kier alpha value is -1.21. The molecule has 0 spiro atoms. The monoisotopic (exact) mass is 308 g/mol. The summed E-state index contributed by atoms with van der Waals surface area (Å²) >= 11 is 0. The van der Waals surface area contributed by atoms with Crippen molar-refractivity contribution in [3.8, 4) is 0 Å². The van der Waals surface area contributed by atoms with Crippen LogP contribution in [0.4, 0.5) is 22.0 Å². The summed E-state index contributed by atoms with van der Waals surface area (Å²) in [5.74, 6) is -0.929. The lowest BCUT2D eigenvalue weighted by Gasteiger charge is -2.36. The molecule has 1 N–H and O–H groups in total. The van der Waals surface area contributed by atoms with E-state index in [9.17, 15) is 22.0 Å². The van der Waals surface area contributed by atoms with E-state index >= 15 is 0 Å². The number of nitrogens with zero attached hydrogens (tertiary/aromatic N) is 1. The van der Waals surface area contributed by atoms with Gasteiger partial charge in [0.25, 0.3) is 0 Å². The molecule has 2 nitrogen and oxygen atoms in total. The van der Waals surface area contributed by atoms with E-state index in [4.69, 9.17) is 0 Å². The molecule has 1 aliphatic rings. The third kappa shape index (κ3) is 3.71. The lowest BCUT2D eigenvalue weighted by atomic mass is 9.95. The zero-order chi connectivity index (χ0) is 15.5. The molecule has 1 aromatic rings. The number of hydrogen-bond donors (Lipinski definition) is 1. The lowest BCUT2D eigenvalue weighted by molar-refractivity contribution is -0.139. The quantitative estimate of drug-likeness (QED) is 0.860. The van der Waals surface area contributed by atoms with Gasteiger partial charge in [-0.05, 0) is 18.6 Å². The van der Waals surface area contributed by atoms with Crippen molar-refractivity contribution in [3.05, 3.63) is 35.1 Å². The Kier molecular flexibility index (Phi) is 5.16. The van der Waals surface area contributed by atoms with E-state index in [1.807, 2.05) is 0 Å². The van der Waals surface area contributed by atoms with E-state index in [0.29, 0.717) is 26.2 Å². The second-order valence-corrected chi connectivity index (χ2v) is 4.98. The number of alkyl halides is 4. The minimum absolute atomic E-state index is 0.149. The molecule has 1 saturated heterocycles. The molecular formula is C14H17F5N2. The zero-order valence-corrected chi connectivity index (χ0v) is 11.4. The molecule has 1 fully saturated rings. The average molecular weight is 308 g/mol. The van der Waals surface area contributed by atoms with Crippen LogP contribution in [0.1, 0.15) is 23.6 Å². The SMILES string of the molecule is FCC[C@H](c1c(F)cccc1C(F)(F)F)N1CCNCC1. The second-order valence-electron chi connectivity index (χ2n) is 4.98. The molecule has 0 unspecified atom stereocenters. The molecule has 21 heavy (non-hydrogen) atoms. The summed E-state index contributed by atoms with van der Waals surface area (Å²) in [6.45, 7) is 1.34. The molecule has 0 aliphatic carbocycles.